The van der Waals surface area contributed by atoms with E-state index in [1.54, 1.807) is 66.7 Å². The van der Waals surface area contributed by atoms with Crippen LogP contribution in [0.3, 0.4) is 0 Å². The lowest BCUT2D eigenvalue weighted by atomic mass is 9.81. The maximum Gasteiger partial charge on any atom is 0.348 e. The van der Waals surface area contributed by atoms with Gasteiger partial charge in [-0.25, -0.2) is 4.79 Å². The Labute approximate surface area is 155 Å². The highest BCUT2D eigenvalue weighted by molar-refractivity contribution is 6.57. The molecule has 0 saturated heterocycles. The first-order valence-corrected chi connectivity index (χ1v) is 8.42. The molecule has 0 heterocycles. The van der Waals surface area contributed by atoms with Gasteiger partial charge in [0, 0.05) is 11.1 Å². The van der Waals surface area contributed by atoms with E-state index >= 15 is 0 Å². The highest BCUT2D eigenvalue weighted by atomic mass is 16.5. The molecule has 0 spiro atoms. The van der Waals surface area contributed by atoms with Crippen LogP contribution in [-0.2, 0) is 9.59 Å². The molecule has 4 rings (SSSR count). The monoisotopic (exact) mass is 354 g/mol. The number of hydrogen-bond acceptors (Lipinski definition) is 4. The van der Waals surface area contributed by atoms with Crippen molar-refractivity contribution in [1.29, 1.82) is 0 Å². The van der Waals surface area contributed by atoms with Crippen molar-refractivity contribution in [2.24, 2.45) is 0 Å². The van der Waals surface area contributed by atoms with E-state index in [-0.39, 0.29) is 11.1 Å². The van der Waals surface area contributed by atoms with Gasteiger partial charge in [-0.15, -0.1) is 0 Å². The minimum absolute atomic E-state index is 0.242. The highest BCUT2D eigenvalue weighted by Gasteiger charge is 2.37. The number of para-hydroxylation sites is 1. The van der Waals surface area contributed by atoms with Gasteiger partial charge in [-0.1, -0.05) is 72.8 Å². The zero-order chi connectivity index (χ0) is 18.8. The van der Waals surface area contributed by atoms with E-state index < -0.39 is 17.5 Å². The molecule has 0 saturated carbocycles. The molecule has 1 aliphatic carbocycles. The average molecular weight is 354 g/mol. The second kappa shape index (κ2) is 6.84. The van der Waals surface area contributed by atoms with Gasteiger partial charge in [0.1, 0.15) is 11.3 Å². The van der Waals surface area contributed by atoms with Crippen molar-refractivity contribution >= 4 is 23.1 Å². The number of hydrogen-bond donors (Lipinski definition) is 0. The normalized spacial score (nSPS) is 13.3. The Morgan fingerprint density at radius 2 is 1.19 bits per heavy atom. The molecule has 1 aliphatic rings. The van der Waals surface area contributed by atoms with Gasteiger partial charge < -0.3 is 4.74 Å². The summed E-state index contributed by atoms with van der Waals surface area (Å²) < 4.78 is 5.37. The molecular formula is C23H14O4. The summed E-state index contributed by atoms with van der Waals surface area (Å²) in [5, 5.41) is 0. The van der Waals surface area contributed by atoms with Crippen LogP contribution in [0.15, 0.2) is 90.5 Å². The zero-order valence-corrected chi connectivity index (χ0v) is 14.2. The van der Waals surface area contributed by atoms with Gasteiger partial charge in [-0.3, -0.25) is 9.59 Å². The van der Waals surface area contributed by atoms with Crippen molar-refractivity contribution < 1.29 is 19.1 Å². The third-order valence-electron chi connectivity index (χ3n) is 4.34. The van der Waals surface area contributed by atoms with Crippen LogP contribution in [0.1, 0.15) is 21.5 Å². The van der Waals surface area contributed by atoms with Crippen molar-refractivity contribution in [2.75, 3.05) is 0 Å². The number of carbonyl (C=O) groups is 3. The lowest BCUT2D eigenvalue weighted by Crippen LogP contribution is -2.30. The average Bonchev–Trinajstić information content (AvgIpc) is 2.72. The summed E-state index contributed by atoms with van der Waals surface area (Å²) >= 11 is 0. The van der Waals surface area contributed by atoms with Crippen LogP contribution in [-0.4, -0.2) is 17.5 Å². The molecule has 27 heavy (non-hydrogen) atoms. The second-order valence-corrected chi connectivity index (χ2v) is 6.02. The Morgan fingerprint density at radius 3 is 1.85 bits per heavy atom. The Balaban J connectivity index is 1.93. The van der Waals surface area contributed by atoms with E-state index in [0.717, 1.165) is 0 Å². The SMILES string of the molecule is O=C(Oc1ccccc1)C1=C(c2ccccc2)c2ccccc2C(=O)C1=O. The standard InChI is InChI=1S/C23H14O4/c24-21-18-14-8-7-13-17(18)19(15-9-3-1-4-10-15)20(22(21)25)23(26)27-16-11-5-2-6-12-16/h1-14H. The van der Waals surface area contributed by atoms with Gasteiger partial charge in [-0.2, -0.15) is 0 Å². The highest BCUT2D eigenvalue weighted by Crippen LogP contribution is 2.35. The van der Waals surface area contributed by atoms with Crippen molar-refractivity contribution in [1.82, 2.24) is 0 Å². The Hall–Kier alpha value is -3.79. The molecule has 0 amide bonds. The number of carbonyl (C=O) groups excluding carboxylic acids is 3. The first kappa shape index (κ1) is 16.7. The van der Waals surface area contributed by atoms with E-state index in [0.29, 0.717) is 22.4 Å². The first-order chi connectivity index (χ1) is 13.2. The fourth-order valence-electron chi connectivity index (χ4n) is 3.13. The molecule has 0 atom stereocenters. The summed E-state index contributed by atoms with van der Waals surface area (Å²) in [6, 6.07) is 24.3. The van der Waals surface area contributed by atoms with Crippen molar-refractivity contribution in [3.8, 4) is 5.75 Å². The molecule has 4 heteroatoms. The smallest absolute Gasteiger partial charge is 0.348 e. The third kappa shape index (κ3) is 2.98. The molecule has 130 valence electrons. The number of Topliss-reactive ketones (excluding diaryl/α,β-unsaturated/α-hetero) is 2. The quantitative estimate of drug-likeness (QED) is 0.310. The number of fused-ring (bicyclic) bond motifs is 1. The number of ketones is 2. The molecule has 0 radical (unpaired) electrons. The number of ether oxygens (including phenoxy) is 1. The van der Waals surface area contributed by atoms with Crippen LogP contribution in [0.2, 0.25) is 0 Å². The van der Waals surface area contributed by atoms with Crippen LogP contribution in [0, 0.1) is 0 Å². The fraction of sp³-hybridized carbons (Fsp3) is 0. The summed E-state index contributed by atoms with van der Waals surface area (Å²) in [6.45, 7) is 0. The van der Waals surface area contributed by atoms with E-state index in [4.69, 9.17) is 4.74 Å². The van der Waals surface area contributed by atoms with Crippen molar-refractivity contribution in [3.05, 3.63) is 107 Å². The van der Waals surface area contributed by atoms with Gasteiger partial charge in [0.15, 0.2) is 0 Å². The van der Waals surface area contributed by atoms with Crippen LogP contribution in [0.25, 0.3) is 5.57 Å². The van der Waals surface area contributed by atoms with Gasteiger partial charge in [0.05, 0.1) is 0 Å². The number of benzene rings is 3. The number of rotatable bonds is 3. The Bertz CT molecular complexity index is 1080. The van der Waals surface area contributed by atoms with E-state index in [9.17, 15) is 14.4 Å². The lowest BCUT2D eigenvalue weighted by Gasteiger charge is -2.21. The van der Waals surface area contributed by atoms with Gasteiger partial charge in [-0.05, 0) is 23.3 Å². The summed E-state index contributed by atoms with van der Waals surface area (Å²) in [5.41, 5.74) is 1.68. The van der Waals surface area contributed by atoms with E-state index in [1.165, 1.54) is 0 Å². The minimum atomic E-state index is -0.853. The van der Waals surface area contributed by atoms with E-state index in [1.807, 2.05) is 18.2 Å². The summed E-state index contributed by atoms with van der Waals surface area (Å²) in [5.74, 6) is -2.09. The molecule has 0 N–H and O–H groups in total. The molecule has 0 fully saturated rings. The summed E-state index contributed by atoms with van der Waals surface area (Å²) in [6.07, 6.45) is 0. The molecule has 4 nitrogen and oxygen atoms in total. The largest absolute Gasteiger partial charge is 0.423 e. The lowest BCUT2D eigenvalue weighted by molar-refractivity contribution is -0.131. The molecule has 0 aliphatic heterocycles. The van der Waals surface area contributed by atoms with Gasteiger partial charge in [0.2, 0.25) is 11.6 Å². The Kier molecular flexibility index (Phi) is 4.22. The molecule has 3 aromatic carbocycles. The van der Waals surface area contributed by atoms with Crippen molar-refractivity contribution in [2.45, 2.75) is 0 Å². The molecule has 0 unspecified atom stereocenters. The number of esters is 1. The molecule has 3 aromatic rings. The molecule has 0 bridgehead atoms. The van der Waals surface area contributed by atoms with Crippen LogP contribution < -0.4 is 4.74 Å². The summed E-state index contributed by atoms with van der Waals surface area (Å²) in [4.78, 5) is 38.2. The predicted molar refractivity (Wildman–Crippen MR) is 100 cm³/mol. The zero-order valence-electron chi connectivity index (χ0n) is 14.2. The maximum absolute atomic E-state index is 12.9. The minimum Gasteiger partial charge on any atom is -0.423 e. The predicted octanol–water partition coefficient (Wildman–Crippen LogP) is 3.86. The fourth-order valence-corrected chi connectivity index (χ4v) is 3.13. The first-order valence-electron chi connectivity index (χ1n) is 8.42. The van der Waals surface area contributed by atoms with Gasteiger partial charge >= 0.3 is 5.97 Å². The maximum atomic E-state index is 12.9. The van der Waals surface area contributed by atoms with Crippen LogP contribution >= 0.6 is 0 Å². The van der Waals surface area contributed by atoms with E-state index in [2.05, 4.69) is 0 Å². The van der Waals surface area contributed by atoms with Crippen LogP contribution in [0.5, 0.6) is 5.75 Å². The Morgan fingerprint density at radius 1 is 0.630 bits per heavy atom. The van der Waals surface area contributed by atoms with Crippen LogP contribution in [0.4, 0.5) is 0 Å². The third-order valence-corrected chi connectivity index (χ3v) is 4.34. The second-order valence-electron chi connectivity index (χ2n) is 6.02. The molecular weight excluding hydrogens is 340 g/mol. The topological polar surface area (TPSA) is 60.4 Å². The summed E-state index contributed by atoms with van der Waals surface area (Å²) in [7, 11) is 0. The van der Waals surface area contributed by atoms with Gasteiger partial charge in [0.25, 0.3) is 0 Å². The van der Waals surface area contributed by atoms with Crippen molar-refractivity contribution in [3.63, 3.8) is 0 Å². The molecule has 0 aromatic heterocycles.